The van der Waals surface area contributed by atoms with Crippen LogP contribution in [0, 0.1) is 5.92 Å². The van der Waals surface area contributed by atoms with Crippen LogP contribution in [0.5, 0.6) is 0 Å². The molecule has 1 N–H and O–H groups in total. The molecule has 0 amide bonds. The van der Waals surface area contributed by atoms with E-state index in [2.05, 4.69) is 0 Å². The molecule has 1 aromatic heterocycles. The second-order valence-electron chi connectivity index (χ2n) is 5.88. The molecule has 1 aliphatic carbocycles. The zero-order valence-electron chi connectivity index (χ0n) is 12.0. The molecule has 1 aliphatic rings. The summed E-state index contributed by atoms with van der Waals surface area (Å²) in [4.78, 5) is 12.1. The third kappa shape index (κ3) is 2.34. The van der Waals surface area contributed by atoms with E-state index < -0.39 is 0 Å². The van der Waals surface area contributed by atoms with Crippen LogP contribution in [-0.2, 0) is 0 Å². The second-order valence-corrected chi connectivity index (χ2v) is 5.88. The average molecular weight is 292 g/mol. The van der Waals surface area contributed by atoms with E-state index in [4.69, 9.17) is 4.42 Å². The zero-order chi connectivity index (χ0) is 15.1. The van der Waals surface area contributed by atoms with Crippen LogP contribution in [0.25, 0.3) is 22.3 Å². The van der Waals surface area contributed by atoms with E-state index in [9.17, 15) is 9.90 Å². The standard InChI is InChI=1S/C19H16O3/c20-16-11-18(22-17-4-2-1-3-15(16)17)12-5-7-13(8-6-12)19(21)14-9-10-14/h1-8,11,14,19,21H,9-10H2. The van der Waals surface area contributed by atoms with Crippen molar-refractivity contribution in [3.63, 3.8) is 0 Å². The first-order chi connectivity index (χ1) is 10.7. The van der Waals surface area contributed by atoms with Gasteiger partial charge in [0, 0.05) is 11.6 Å². The van der Waals surface area contributed by atoms with Crippen LogP contribution >= 0.6 is 0 Å². The number of aliphatic hydroxyl groups is 1. The first-order valence-corrected chi connectivity index (χ1v) is 7.54. The lowest BCUT2D eigenvalue weighted by atomic mass is 10.0. The fourth-order valence-corrected chi connectivity index (χ4v) is 2.77. The quantitative estimate of drug-likeness (QED) is 0.796. The Morgan fingerprint density at radius 1 is 1.05 bits per heavy atom. The maximum absolute atomic E-state index is 12.1. The van der Waals surface area contributed by atoms with E-state index in [0.29, 0.717) is 22.6 Å². The first kappa shape index (κ1) is 13.3. The topological polar surface area (TPSA) is 50.4 Å². The van der Waals surface area contributed by atoms with Gasteiger partial charge in [0.2, 0.25) is 0 Å². The highest BCUT2D eigenvalue weighted by Gasteiger charge is 2.30. The predicted octanol–water partition coefficient (Wildman–Crippen LogP) is 3.90. The molecule has 110 valence electrons. The Hall–Kier alpha value is -2.39. The molecule has 0 aliphatic heterocycles. The van der Waals surface area contributed by atoms with Crippen LogP contribution in [0.4, 0.5) is 0 Å². The Labute approximate surface area is 127 Å². The van der Waals surface area contributed by atoms with E-state index in [-0.39, 0.29) is 11.5 Å². The van der Waals surface area contributed by atoms with Gasteiger partial charge in [0.15, 0.2) is 5.43 Å². The van der Waals surface area contributed by atoms with Gasteiger partial charge >= 0.3 is 0 Å². The van der Waals surface area contributed by atoms with Crippen LogP contribution in [0.1, 0.15) is 24.5 Å². The minimum absolute atomic E-state index is 0.0426. The van der Waals surface area contributed by atoms with Crippen molar-refractivity contribution < 1.29 is 9.52 Å². The Kier molecular flexibility index (Phi) is 3.09. The molecule has 1 saturated carbocycles. The molecule has 2 aromatic carbocycles. The van der Waals surface area contributed by atoms with Crippen LogP contribution in [0.15, 0.2) is 63.8 Å². The molecule has 4 rings (SSSR count). The van der Waals surface area contributed by atoms with Crippen molar-refractivity contribution in [3.05, 3.63) is 70.4 Å². The van der Waals surface area contributed by atoms with E-state index in [1.807, 2.05) is 36.4 Å². The number of fused-ring (bicyclic) bond motifs is 1. The summed E-state index contributed by atoms with van der Waals surface area (Å²) in [7, 11) is 0. The van der Waals surface area contributed by atoms with Crippen molar-refractivity contribution in [1.82, 2.24) is 0 Å². The molecule has 1 heterocycles. The summed E-state index contributed by atoms with van der Waals surface area (Å²) in [6.07, 6.45) is 1.82. The highest BCUT2D eigenvalue weighted by molar-refractivity contribution is 5.78. The Morgan fingerprint density at radius 2 is 1.77 bits per heavy atom. The molecule has 3 nitrogen and oxygen atoms in total. The lowest BCUT2D eigenvalue weighted by Crippen LogP contribution is -2.01. The third-order valence-electron chi connectivity index (χ3n) is 4.24. The maximum atomic E-state index is 12.1. The number of hydrogen-bond acceptors (Lipinski definition) is 3. The average Bonchev–Trinajstić information content (AvgIpc) is 3.39. The Balaban J connectivity index is 1.73. The lowest BCUT2D eigenvalue weighted by molar-refractivity contribution is 0.154. The fraction of sp³-hybridized carbons (Fsp3) is 0.211. The van der Waals surface area contributed by atoms with Crippen molar-refractivity contribution in [1.29, 1.82) is 0 Å². The van der Waals surface area contributed by atoms with E-state index >= 15 is 0 Å². The van der Waals surface area contributed by atoms with Gasteiger partial charge in [-0.05, 0) is 36.5 Å². The summed E-state index contributed by atoms with van der Waals surface area (Å²) >= 11 is 0. The summed E-state index contributed by atoms with van der Waals surface area (Å²) < 4.78 is 5.83. The number of aliphatic hydroxyl groups excluding tert-OH is 1. The summed E-state index contributed by atoms with van der Waals surface area (Å²) in [5.41, 5.74) is 2.31. The number of benzene rings is 2. The van der Waals surface area contributed by atoms with E-state index in [1.54, 1.807) is 12.1 Å². The molecule has 22 heavy (non-hydrogen) atoms. The number of hydrogen-bond donors (Lipinski definition) is 1. The van der Waals surface area contributed by atoms with Gasteiger partial charge in [-0.2, -0.15) is 0 Å². The van der Waals surface area contributed by atoms with Crippen molar-refractivity contribution in [2.45, 2.75) is 18.9 Å². The Morgan fingerprint density at radius 3 is 2.50 bits per heavy atom. The van der Waals surface area contributed by atoms with Gasteiger partial charge in [0.05, 0.1) is 11.5 Å². The molecule has 3 heteroatoms. The minimum atomic E-state index is -0.377. The highest BCUT2D eigenvalue weighted by Crippen LogP contribution is 2.41. The van der Waals surface area contributed by atoms with Gasteiger partial charge < -0.3 is 9.52 Å². The normalized spacial score (nSPS) is 15.9. The SMILES string of the molecule is O=c1cc(-c2ccc(C(O)C3CC3)cc2)oc2ccccc12. The molecule has 0 radical (unpaired) electrons. The van der Waals surface area contributed by atoms with Crippen LogP contribution in [-0.4, -0.2) is 5.11 Å². The lowest BCUT2D eigenvalue weighted by Gasteiger charge is -2.10. The van der Waals surface area contributed by atoms with Crippen LogP contribution in [0.2, 0.25) is 0 Å². The van der Waals surface area contributed by atoms with Crippen molar-refractivity contribution >= 4 is 11.0 Å². The summed E-state index contributed by atoms with van der Waals surface area (Å²) in [6.45, 7) is 0. The highest BCUT2D eigenvalue weighted by atomic mass is 16.3. The van der Waals surface area contributed by atoms with Crippen LogP contribution in [0.3, 0.4) is 0 Å². The molecule has 0 spiro atoms. The summed E-state index contributed by atoms with van der Waals surface area (Å²) in [5, 5.41) is 10.7. The molecule has 1 atom stereocenters. The summed E-state index contributed by atoms with van der Waals surface area (Å²) in [6, 6.07) is 16.4. The van der Waals surface area contributed by atoms with Gasteiger partial charge in [-0.1, -0.05) is 36.4 Å². The molecule has 0 bridgehead atoms. The van der Waals surface area contributed by atoms with Gasteiger partial charge in [0.1, 0.15) is 11.3 Å². The molecule has 1 fully saturated rings. The molecule has 1 unspecified atom stereocenters. The van der Waals surface area contributed by atoms with E-state index in [0.717, 1.165) is 24.0 Å². The number of para-hydroxylation sites is 1. The molecule has 0 saturated heterocycles. The largest absolute Gasteiger partial charge is 0.456 e. The van der Waals surface area contributed by atoms with Gasteiger partial charge in [0.25, 0.3) is 0 Å². The van der Waals surface area contributed by atoms with Gasteiger partial charge in [-0.3, -0.25) is 4.79 Å². The predicted molar refractivity (Wildman–Crippen MR) is 85.6 cm³/mol. The minimum Gasteiger partial charge on any atom is -0.456 e. The third-order valence-corrected chi connectivity index (χ3v) is 4.24. The zero-order valence-corrected chi connectivity index (χ0v) is 12.0. The maximum Gasteiger partial charge on any atom is 0.193 e. The summed E-state index contributed by atoms with van der Waals surface area (Å²) in [5.74, 6) is 0.959. The van der Waals surface area contributed by atoms with Crippen molar-refractivity contribution in [3.8, 4) is 11.3 Å². The van der Waals surface area contributed by atoms with Gasteiger partial charge in [-0.15, -0.1) is 0 Å². The van der Waals surface area contributed by atoms with E-state index in [1.165, 1.54) is 6.07 Å². The second kappa shape index (κ2) is 5.11. The van der Waals surface area contributed by atoms with Crippen LogP contribution < -0.4 is 5.43 Å². The molecule has 3 aromatic rings. The van der Waals surface area contributed by atoms with Crippen molar-refractivity contribution in [2.75, 3.05) is 0 Å². The number of rotatable bonds is 3. The fourth-order valence-electron chi connectivity index (χ4n) is 2.77. The molecular formula is C19H16O3. The van der Waals surface area contributed by atoms with Crippen molar-refractivity contribution in [2.24, 2.45) is 5.92 Å². The van der Waals surface area contributed by atoms with Gasteiger partial charge in [-0.25, -0.2) is 0 Å². The Bertz CT molecular complexity index is 873. The monoisotopic (exact) mass is 292 g/mol. The smallest absolute Gasteiger partial charge is 0.193 e. The first-order valence-electron chi connectivity index (χ1n) is 7.54. The molecular weight excluding hydrogens is 276 g/mol.